The van der Waals surface area contributed by atoms with Crippen molar-refractivity contribution >= 4 is 23.2 Å². The first-order valence-corrected chi connectivity index (χ1v) is 8.73. The highest BCUT2D eigenvalue weighted by atomic mass is 16.2. The lowest BCUT2D eigenvalue weighted by atomic mass is 9.97. The first kappa shape index (κ1) is 17.2. The highest BCUT2D eigenvalue weighted by Gasteiger charge is 2.31. The van der Waals surface area contributed by atoms with Gasteiger partial charge in [0.1, 0.15) is 0 Å². The number of amides is 2. The summed E-state index contributed by atoms with van der Waals surface area (Å²) in [7, 11) is 0. The van der Waals surface area contributed by atoms with Gasteiger partial charge in [-0.15, -0.1) is 0 Å². The lowest BCUT2D eigenvalue weighted by Gasteiger charge is -2.16. The Balaban J connectivity index is 1.75. The molecule has 1 unspecified atom stereocenters. The molecule has 2 aromatic carbocycles. The van der Waals surface area contributed by atoms with E-state index >= 15 is 0 Å². The number of anilines is 2. The number of carbonyl (C=O) groups is 2. The second-order valence-electron chi connectivity index (χ2n) is 6.88. The van der Waals surface area contributed by atoms with Crippen LogP contribution in [0.15, 0.2) is 48.5 Å². The van der Waals surface area contributed by atoms with Gasteiger partial charge in [0, 0.05) is 37.2 Å². The summed E-state index contributed by atoms with van der Waals surface area (Å²) in [5.74, 6) is 0.377. The van der Waals surface area contributed by atoms with E-state index in [1.165, 1.54) is 0 Å². The maximum atomic E-state index is 12.6. The predicted molar refractivity (Wildman–Crippen MR) is 101 cm³/mol. The van der Waals surface area contributed by atoms with Gasteiger partial charge in [-0.3, -0.25) is 9.59 Å². The molecule has 3 rings (SSSR count). The number of para-hydroxylation sites is 2. The molecule has 1 heterocycles. The third-order valence-corrected chi connectivity index (χ3v) is 4.74. The lowest BCUT2D eigenvalue weighted by Crippen LogP contribution is -2.28. The molecule has 0 saturated heterocycles. The van der Waals surface area contributed by atoms with E-state index in [9.17, 15) is 9.59 Å². The SMILES string of the molecule is CC(=O)N1CC(CC(=O)Nc2ccccc2C(C)C)c2ccccc21. The van der Waals surface area contributed by atoms with E-state index in [1.807, 2.05) is 48.5 Å². The molecule has 4 heteroatoms. The van der Waals surface area contributed by atoms with Gasteiger partial charge in [0.15, 0.2) is 0 Å². The molecule has 1 aliphatic rings. The summed E-state index contributed by atoms with van der Waals surface area (Å²) >= 11 is 0. The first-order valence-electron chi connectivity index (χ1n) is 8.73. The van der Waals surface area contributed by atoms with Gasteiger partial charge in [-0.1, -0.05) is 50.2 Å². The van der Waals surface area contributed by atoms with Crippen molar-refractivity contribution in [2.45, 2.75) is 39.0 Å². The fraction of sp³-hybridized carbons (Fsp3) is 0.333. The van der Waals surface area contributed by atoms with Crippen molar-refractivity contribution in [1.82, 2.24) is 0 Å². The van der Waals surface area contributed by atoms with Crippen LogP contribution >= 0.6 is 0 Å². The molecular weight excluding hydrogens is 312 g/mol. The third kappa shape index (κ3) is 3.58. The summed E-state index contributed by atoms with van der Waals surface area (Å²) in [6.07, 6.45) is 0.368. The Morgan fingerprint density at radius 2 is 1.80 bits per heavy atom. The highest BCUT2D eigenvalue weighted by Crippen LogP contribution is 2.38. The van der Waals surface area contributed by atoms with Gasteiger partial charge in [0.2, 0.25) is 11.8 Å². The largest absolute Gasteiger partial charge is 0.326 e. The number of carbonyl (C=O) groups excluding carboxylic acids is 2. The minimum absolute atomic E-state index is 0.0144. The number of nitrogens with one attached hydrogen (secondary N) is 1. The molecule has 0 aromatic heterocycles. The fourth-order valence-electron chi connectivity index (χ4n) is 3.51. The minimum atomic E-state index is -0.0155. The third-order valence-electron chi connectivity index (χ3n) is 4.74. The van der Waals surface area contributed by atoms with Gasteiger partial charge in [0.05, 0.1) is 0 Å². The molecule has 4 nitrogen and oxygen atoms in total. The number of fused-ring (bicyclic) bond motifs is 1. The highest BCUT2D eigenvalue weighted by molar-refractivity contribution is 5.96. The number of nitrogens with zero attached hydrogens (tertiary/aromatic N) is 1. The van der Waals surface area contributed by atoms with Crippen LogP contribution in [0.1, 0.15) is 50.2 Å². The molecule has 2 aromatic rings. The number of rotatable bonds is 4. The quantitative estimate of drug-likeness (QED) is 0.905. The molecule has 0 aliphatic carbocycles. The van der Waals surface area contributed by atoms with Crippen molar-refractivity contribution in [3.05, 3.63) is 59.7 Å². The topological polar surface area (TPSA) is 49.4 Å². The maximum absolute atomic E-state index is 12.6. The molecule has 0 bridgehead atoms. The second kappa shape index (κ2) is 7.09. The Bertz CT molecular complexity index is 798. The van der Waals surface area contributed by atoms with Crippen LogP contribution in [0.25, 0.3) is 0 Å². The zero-order valence-corrected chi connectivity index (χ0v) is 15.0. The van der Waals surface area contributed by atoms with E-state index in [1.54, 1.807) is 11.8 Å². The molecule has 0 spiro atoms. The molecule has 1 aliphatic heterocycles. The Morgan fingerprint density at radius 1 is 1.12 bits per heavy atom. The zero-order valence-electron chi connectivity index (χ0n) is 15.0. The zero-order chi connectivity index (χ0) is 18.0. The van der Waals surface area contributed by atoms with E-state index in [2.05, 4.69) is 19.2 Å². The molecule has 1 atom stereocenters. The number of benzene rings is 2. The molecular formula is C21H24N2O2. The fourth-order valence-corrected chi connectivity index (χ4v) is 3.51. The van der Waals surface area contributed by atoms with Gasteiger partial charge in [0.25, 0.3) is 0 Å². The average molecular weight is 336 g/mol. The van der Waals surface area contributed by atoms with Gasteiger partial charge < -0.3 is 10.2 Å². The summed E-state index contributed by atoms with van der Waals surface area (Å²) in [5, 5.41) is 3.05. The summed E-state index contributed by atoms with van der Waals surface area (Å²) in [5.41, 5.74) is 4.01. The second-order valence-corrected chi connectivity index (χ2v) is 6.88. The molecule has 130 valence electrons. The van der Waals surface area contributed by atoms with Gasteiger partial charge in [-0.2, -0.15) is 0 Å². The Kier molecular flexibility index (Phi) is 4.88. The standard InChI is InChI=1S/C21H24N2O2/c1-14(2)17-8-4-6-10-19(17)22-21(25)12-16-13-23(15(3)24)20-11-7-5-9-18(16)20/h4-11,14,16H,12-13H2,1-3H3,(H,22,25). The van der Waals surface area contributed by atoms with Crippen LogP contribution in [0.3, 0.4) is 0 Å². The monoisotopic (exact) mass is 336 g/mol. The van der Waals surface area contributed by atoms with Crippen molar-refractivity contribution in [3.8, 4) is 0 Å². The molecule has 0 radical (unpaired) electrons. The minimum Gasteiger partial charge on any atom is -0.326 e. The van der Waals surface area contributed by atoms with Crippen molar-refractivity contribution in [1.29, 1.82) is 0 Å². The summed E-state index contributed by atoms with van der Waals surface area (Å²) in [4.78, 5) is 26.3. The molecule has 1 N–H and O–H groups in total. The molecule has 25 heavy (non-hydrogen) atoms. The molecule has 0 fully saturated rings. The Labute approximate surface area is 148 Å². The Hall–Kier alpha value is -2.62. The van der Waals surface area contributed by atoms with E-state index in [-0.39, 0.29) is 17.7 Å². The molecule has 2 amide bonds. The van der Waals surface area contributed by atoms with Gasteiger partial charge >= 0.3 is 0 Å². The van der Waals surface area contributed by atoms with Gasteiger partial charge in [-0.25, -0.2) is 0 Å². The average Bonchev–Trinajstić information content (AvgIpc) is 2.94. The first-order chi connectivity index (χ1) is 12.0. The normalized spacial score (nSPS) is 16.0. The maximum Gasteiger partial charge on any atom is 0.225 e. The van der Waals surface area contributed by atoms with E-state index in [0.29, 0.717) is 18.9 Å². The Morgan fingerprint density at radius 3 is 2.52 bits per heavy atom. The van der Waals surface area contributed by atoms with Crippen LogP contribution in [-0.4, -0.2) is 18.4 Å². The lowest BCUT2D eigenvalue weighted by molar-refractivity contribution is -0.118. The summed E-state index contributed by atoms with van der Waals surface area (Å²) in [6, 6.07) is 15.8. The van der Waals surface area contributed by atoms with Crippen LogP contribution in [-0.2, 0) is 9.59 Å². The van der Waals surface area contributed by atoms with E-state index in [0.717, 1.165) is 22.5 Å². The number of hydrogen-bond acceptors (Lipinski definition) is 2. The van der Waals surface area contributed by atoms with Crippen molar-refractivity contribution in [3.63, 3.8) is 0 Å². The van der Waals surface area contributed by atoms with Crippen molar-refractivity contribution in [2.75, 3.05) is 16.8 Å². The van der Waals surface area contributed by atoms with Crippen LogP contribution in [0, 0.1) is 0 Å². The smallest absolute Gasteiger partial charge is 0.225 e. The van der Waals surface area contributed by atoms with Crippen LogP contribution in [0.4, 0.5) is 11.4 Å². The summed E-state index contributed by atoms with van der Waals surface area (Å²) < 4.78 is 0. The molecule has 0 saturated carbocycles. The number of hydrogen-bond donors (Lipinski definition) is 1. The van der Waals surface area contributed by atoms with Gasteiger partial charge in [-0.05, 0) is 29.2 Å². The van der Waals surface area contributed by atoms with Crippen LogP contribution < -0.4 is 10.2 Å². The van der Waals surface area contributed by atoms with Crippen LogP contribution in [0.2, 0.25) is 0 Å². The predicted octanol–water partition coefficient (Wildman–Crippen LogP) is 4.29. The van der Waals surface area contributed by atoms with E-state index < -0.39 is 0 Å². The van der Waals surface area contributed by atoms with Crippen molar-refractivity contribution in [2.24, 2.45) is 0 Å². The van der Waals surface area contributed by atoms with Crippen molar-refractivity contribution < 1.29 is 9.59 Å². The summed E-state index contributed by atoms with van der Waals surface area (Å²) in [6.45, 7) is 6.36. The van der Waals surface area contributed by atoms with E-state index in [4.69, 9.17) is 0 Å². The van der Waals surface area contributed by atoms with Crippen LogP contribution in [0.5, 0.6) is 0 Å².